The summed E-state index contributed by atoms with van der Waals surface area (Å²) in [7, 11) is 0.656. The van der Waals surface area contributed by atoms with Crippen molar-refractivity contribution in [1.82, 2.24) is 0 Å². The van der Waals surface area contributed by atoms with E-state index in [1.165, 1.54) is 25.7 Å². The zero-order chi connectivity index (χ0) is 12.3. The Morgan fingerprint density at radius 2 is 1.59 bits per heavy atom. The van der Waals surface area contributed by atoms with Crippen molar-refractivity contribution in [3.05, 3.63) is 11.9 Å². The van der Waals surface area contributed by atoms with E-state index in [1.807, 2.05) is 0 Å². The number of hydrogen-bond acceptors (Lipinski definition) is 2. The number of rotatable bonds is 10. The minimum absolute atomic E-state index is 0.656. The molecule has 1 heterocycles. The molecule has 0 spiro atoms. The SMILES string of the molecule is CCCCCOc1cc[pH]c1OCCCCC. The van der Waals surface area contributed by atoms with Crippen LogP contribution in [0.4, 0.5) is 0 Å². The molecule has 17 heavy (non-hydrogen) atoms. The first kappa shape index (κ1) is 14.4. The third kappa shape index (κ3) is 6.02. The Morgan fingerprint density at radius 3 is 2.24 bits per heavy atom. The van der Waals surface area contributed by atoms with Gasteiger partial charge in [0, 0.05) is 0 Å². The first-order chi connectivity index (χ1) is 8.38. The van der Waals surface area contributed by atoms with E-state index in [1.54, 1.807) is 0 Å². The molecule has 2 nitrogen and oxygen atoms in total. The van der Waals surface area contributed by atoms with Crippen LogP contribution in [0, 0.1) is 0 Å². The predicted molar refractivity (Wildman–Crippen MR) is 76.0 cm³/mol. The van der Waals surface area contributed by atoms with Gasteiger partial charge >= 0.3 is 0 Å². The average molecular weight is 256 g/mol. The third-order valence-corrected chi connectivity index (χ3v) is 3.66. The molecule has 0 saturated heterocycles. The summed E-state index contributed by atoms with van der Waals surface area (Å²) in [5, 5.41) is 0. The van der Waals surface area contributed by atoms with Crippen molar-refractivity contribution in [3.63, 3.8) is 0 Å². The second kappa shape index (κ2) is 9.41. The molecule has 1 aromatic heterocycles. The first-order valence-electron chi connectivity index (χ1n) is 6.81. The van der Waals surface area contributed by atoms with Crippen LogP contribution in [-0.4, -0.2) is 13.2 Å². The first-order valence-corrected chi connectivity index (χ1v) is 7.89. The summed E-state index contributed by atoms with van der Waals surface area (Å²) in [6.45, 7) is 6.07. The minimum atomic E-state index is 0.656. The smallest absolute Gasteiger partial charge is 0.176 e. The van der Waals surface area contributed by atoms with Gasteiger partial charge in [0.05, 0.1) is 13.2 Å². The van der Waals surface area contributed by atoms with Crippen LogP contribution >= 0.6 is 8.19 Å². The highest BCUT2D eigenvalue weighted by molar-refractivity contribution is 7.32. The molecular weight excluding hydrogens is 231 g/mol. The molecule has 3 heteroatoms. The summed E-state index contributed by atoms with van der Waals surface area (Å²) in [4.78, 5) is 0. The van der Waals surface area contributed by atoms with Gasteiger partial charge in [0.15, 0.2) is 11.2 Å². The van der Waals surface area contributed by atoms with Gasteiger partial charge in [-0.15, -0.1) is 0 Å². The van der Waals surface area contributed by atoms with Crippen LogP contribution in [0.2, 0.25) is 0 Å². The highest BCUT2D eigenvalue weighted by Gasteiger charge is 2.04. The van der Waals surface area contributed by atoms with Crippen molar-refractivity contribution in [3.8, 4) is 11.2 Å². The van der Waals surface area contributed by atoms with E-state index in [4.69, 9.17) is 9.47 Å². The van der Waals surface area contributed by atoms with Gasteiger partial charge in [-0.25, -0.2) is 0 Å². The van der Waals surface area contributed by atoms with Crippen molar-refractivity contribution >= 4 is 8.19 Å². The Bertz CT molecular complexity index is 257. The molecule has 0 amide bonds. The summed E-state index contributed by atoms with van der Waals surface area (Å²) in [6.07, 6.45) is 7.25. The number of ether oxygens (including phenoxy) is 2. The van der Waals surface area contributed by atoms with Gasteiger partial charge in [-0.1, -0.05) is 47.7 Å². The molecule has 98 valence electrons. The topological polar surface area (TPSA) is 18.5 Å². The summed E-state index contributed by atoms with van der Waals surface area (Å²) in [6, 6.07) is 2.06. The summed E-state index contributed by atoms with van der Waals surface area (Å²) in [5.74, 6) is 3.11. The fourth-order valence-electron chi connectivity index (χ4n) is 1.63. The van der Waals surface area contributed by atoms with Gasteiger partial charge in [0.2, 0.25) is 0 Å². The summed E-state index contributed by atoms with van der Waals surface area (Å²) >= 11 is 0. The molecule has 0 saturated carbocycles. The molecule has 0 aliphatic carbocycles. The fraction of sp³-hybridized carbons (Fsp3) is 0.714. The van der Waals surface area contributed by atoms with Gasteiger partial charge in [-0.05, 0) is 24.7 Å². The molecule has 1 aromatic rings. The maximum absolute atomic E-state index is 5.78. The second-order valence-electron chi connectivity index (χ2n) is 4.28. The van der Waals surface area contributed by atoms with E-state index in [2.05, 4.69) is 25.7 Å². The van der Waals surface area contributed by atoms with Crippen molar-refractivity contribution in [2.24, 2.45) is 0 Å². The average Bonchev–Trinajstić information content (AvgIpc) is 2.78. The molecular formula is C14H25O2P. The lowest BCUT2D eigenvalue weighted by Crippen LogP contribution is -2.00. The minimum Gasteiger partial charge on any atom is -0.489 e. The Balaban J connectivity index is 2.22. The standard InChI is InChI=1S/C14H25O2P/c1-3-5-7-10-15-13-9-12-17-14(13)16-11-8-6-4-2/h9,12,17H,3-8,10-11H2,1-2H3. The molecule has 1 unspecified atom stereocenters. The normalized spacial score (nSPS) is 10.9. The second-order valence-corrected chi connectivity index (χ2v) is 5.36. The lowest BCUT2D eigenvalue weighted by Gasteiger charge is -2.08. The van der Waals surface area contributed by atoms with Crippen LogP contribution in [0.15, 0.2) is 11.9 Å². The highest BCUT2D eigenvalue weighted by atomic mass is 31.0. The van der Waals surface area contributed by atoms with Crippen LogP contribution in [0.5, 0.6) is 11.2 Å². The van der Waals surface area contributed by atoms with Crippen molar-refractivity contribution in [2.75, 3.05) is 13.2 Å². The van der Waals surface area contributed by atoms with E-state index in [-0.39, 0.29) is 0 Å². The molecule has 0 radical (unpaired) electrons. The summed E-state index contributed by atoms with van der Waals surface area (Å²) < 4.78 is 11.5. The van der Waals surface area contributed by atoms with Gasteiger partial charge in [0.25, 0.3) is 0 Å². The van der Waals surface area contributed by atoms with Crippen molar-refractivity contribution in [1.29, 1.82) is 0 Å². The third-order valence-electron chi connectivity index (χ3n) is 2.67. The highest BCUT2D eigenvalue weighted by Crippen LogP contribution is 2.37. The number of unbranched alkanes of at least 4 members (excludes halogenated alkanes) is 4. The zero-order valence-electron chi connectivity index (χ0n) is 11.1. The van der Waals surface area contributed by atoms with E-state index in [9.17, 15) is 0 Å². The van der Waals surface area contributed by atoms with E-state index >= 15 is 0 Å². The van der Waals surface area contributed by atoms with Crippen molar-refractivity contribution in [2.45, 2.75) is 52.4 Å². The van der Waals surface area contributed by atoms with Crippen LogP contribution in [0.1, 0.15) is 52.4 Å². The monoisotopic (exact) mass is 256 g/mol. The number of hydrogen-bond donors (Lipinski definition) is 0. The lowest BCUT2D eigenvalue weighted by atomic mass is 10.3. The fourth-order valence-corrected chi connectivity index (χ4v) is 2.50. The lowest BCUT2D eigenvalue weighted by molar-refractivity contribution is 0.267. The van der Waals surface area contributed by atoms with Crippen LogP contribution < -0.4 is 9.47 Å². The van der Waals surface area contributed by atoms with Crippen molar-refractivity contribution < 1.29 is 9.47 Å². The molecule has 0 fully saturated rings. The Morgan fingerprint density at radius 1 is 0.941 bits per heavy atom. The Labute approximate surface area is 107 Å². The van der Waals surface area contributed by atoms with E-state index in [0.717, 1.165) is 37.3 Å². The van der Waals surface area contributed by atoms with Gasteiger partial charge in [-0.2, -0.15) is 0 Å². The molecule has 0 bridgehead atoms. The summed E-state index contributed by atoms with van der Waals surface area (Å²) in [5.41, 5.74) is 1.05. The maximum Gasteiger partial charge on any atom is 0.176 e. The zero-order valence-corrected chi connectivity index (χ0v) is 12.1. The quantitative estimate of drug-likeness (QED) is 0.557. The van der Waals surface area contributed by atoms with Crippen LogP contribution in [0.25, 0.3) is 0 Å². The molecule has 0 aliphatic heterocycles. The maximum atomic E-state index is 5.78. The van der Waals surface area contributed by atoms with E-state index < -0.39 is 0 Å². The molecule has 1 atom stereocenters. The Hall–Kier alpha value is -0.620. The van der Waals surface area contributed by atoms with Gasteiger partial charge in [-0.3, -0.25) is 0 Å². The molecule has 0 aromatic carbocycles. The van der Waals surface area contributed by atoms with E-state index in [0.29, 0.717) is 8.19 Å². The molecule has 0 N–H and O–H groups in total. The van der Waals surface area contributed by atoms with Crippen LogP contribution in [0.3, 0.4) is 0 Å². The largest absolute Gasteiger partial charge is 0.489 e. The Kier molecular flexibility index (Phi) is 8.00. The molecule has 0 aliphatic rings. The van der Waals surface area contributed by atoms with Gasteiger partial charge in [0.1, 0.15) is 0 Å². The van der Waals surface area contributed by atoms with Crippen LogP contribution in [-0.2, 0) is 0 Å². The van der Waals surface area contributed by atoms with Gasteiger partial charge < -0.3 is 9.47 Å². The predicted octanol–water partition coefficient (Wildman–Crippen LogP) is 4.86. The molecule has 1 rings (SSSR count).